The summed E-state index contributed by atoms with van der Waals surface area (Å²) in [6.07, 6.45) is 1.25. The van der Waals surface area contributed by atoms with Crippen molar-refractivity contribution in [1.29, 1.82) is 0 Å². The molecule has 0 fully saturated rings. The van der Waals surface area contributed by atoms with Crippen molar-refractivity contribution in [1.82, 2.24) is 14.4 Å². The molecular weight excluding hydrogens is 268 g/mol. The van der Waals surface area contributed by atoms with Gasteiger partial charge >= 0.3 is 0 Å². The summed E-state index contributed by atoms with van der Waals surface area (Å²) in [5, 5.41) is 6.72. The second kappa shape index (κ2) is 5.37. The Kier molecular flexibility index (Phi) is 3.82. The minimum Gasteiger partial charge on any atom is -0.378 e. The second-order valence-electron chi connectivity index (χ2n) is 4.01. The Morgan fingerprint density at radius 3 is 2.47 bits per heavy atom. The van der Waals surface area contributed by atoms with E-state index in [2.05, 4.69) is 20.0 Å². The number of nitrogens with zero attached hydrogens (tertiary/aromatic N) is 3. The molecule has 19 heavy (non-hydrogen) atoms. The Morgan fingerprint density at radius 1 is 1.26 bits per heavy atom. The van der Waals surface area contributed by atoms with Gasteiger partial charge in [-0.2, -0.15) is 4.98 Å². The molecule has 0 aliphatic heterocycles. The highest BCUT2D eigenvalue weighted by atomic mass is 32.2. The molecule has 1 N–H and O–H groups in total. The van der Waals surface area contributed by atoms with Crippen molar-refractivity contribution in [3.8, 4) is 0 Å². The van der Waals surface area contributed by atoms with Crippen LogP contribution in [0.1, 0.15) is 5.82 Å². The van der Waals surface area contributed by atoms with Gasteiger partial charge in [-0.3, -0.25) is 0 Å². The summed E-state index contributed by atoms with van der Waals surface area (Å²) in [4.78, 5) is 4.12. The molecule has 0 atom stereocenters. The molecule has 1 aromatic carbocycles. The molecule has 0 aliphatic rings. The van der Waals surface area contributed by atoms with Gasteiger partial charge in [-0.25, -0.2) is 12.7 Å². The lowest BCUT2D eigenvalue weighted by atomic mass is 10.3. The Bertz CT molecular complexity index is 620. The molecule has 1 aromatic heterocycles. The summed E-state index contributed by atoms with van der Waals surface area (Å²) in [6.45, 7) is 0.413. The number of hydrogen-bond acceptors (Lipinski definition) is 6. The summed E-state index contributed by atoms with van der Waals surface area (Å²) in [7, 11) is -0.390. The molecule has 8 heteroatoms. The molecule has 102 valence electrons. The van der Waals surface area contributed by atoms with Crippen molar-refractivity contribution in [2.75, 3.05) is 19.4 Å². The van der Waals surface area contributed by atoms with Gasteiger partial charge in [0.2, 0.25) is 16.4 Å². The van der Waals surface area contributed by atoms with E-state index in [1.807, 2.05) is 0 Å². The van der Waals surface area contributed by atoms with E-state index < -0.39 is 10.0 Å². The second-order valence-corrected chi connectivity index (χ2v) is 6.16. The van der Waals surface area contributed by atoms with Gasteiger partial charge < -0.3 is 9.84 Å². The van der Waals surface area contributed by atoms with Crippen LogP contribution in [0.3, 0.4) is 0 Å². The summed E-state index contributed by atoms with van der Waals surface area (Å²) >= 11 is 0. The van der Waals surface area contributed by atoms with Crippen molar-refractivity contribution in [3.05, 3.63) is 36.5 Å². The van der Waals surface area contributed by atoms with Crippen molar-refractivity contribution in [2.24, 2.45) is 0 Å². The van der Waals surface area contributed by atoms with E-state index in [-0.39, 0.29) is 4.90 Å². The lowest BCUT2D eigenvalue weighted by Crippen LogP contribution is -2.22. The molecule has 0 saturated carbocycles. The Hall–Kier alpha value is -1.93. The van der Waals surface area contributed by atoms with Crippen LogP contribution >= 0.6 is 0 Å². The predicted molar refractivity (Wildman–Crippen MR) is 68.9 cm³/mol. The van der Waals surface area contributed by atoms with Gasteiger partial charge in [0, 0.05) is 19.8 Å². The van der Waals surface area contributed by atoms with Crippen LogP contribution in [0.2, 0.25) is 0 Å². The number of hydrogen-bond donors (Lipinski definition) is 1. The maximum absolute atomic E-state index is 11.9. The third kappa shape index (κ3) is 3.09. The first-order valence-corrected chi connectivity index (χ1v) is 6.96. The fraction of sp³-hybridized carbons (Fsp3) is 0.273. The molecule has 1 heterocycles. The van der Waals surface area contributed by atoms with Crippen molar-refractivity contribution >= 4 is 15.7 Å². The smallest absolute Gasteiger partial charge is 0.242 e. The fourth-order valence-electron chi connectivity index (χ4n) is 1.41. The van der Waals surface area contributed by atoms with Crippen molar-refractivity contribution in [2.45, 2.75) is 11.4 Å². The summed E-state index contributed by atoms with van der Waals surface area (Å²) < 4.78 is 29.5. The van der Waals surface area contributed by atoms with Crippen LogP contribution in [0, 0.1) is 0 Å². The number of rotatable bonds is 5. The van der Waals surface area contributed by atoms with Crippen LogP contribution < -0.4 is 5.32 Å². The zero-order valence-electron chi connectivity index (χ0n) is 10.6. The summed E-state index contributed by atoms with van der Waals surface area (Å²) in [5.41, 5.74) is 0.780. The number of anilines is 1. The normalized spacial score (nSPS) is 11.7. The van der Waals surface area contributed by atoms with E-state index in [1.165, 1.54) is 24.8 Å². The molecule has 0 saturated heterocycles. The molecule has 2 aromatic rings. The van der Waals surface area contributed by atoms with Crippen molar-refractivity contribution in [3.63, 3.8) is 0 Å². The molecule has 0 radical (unpaired) electrons. The molecule has 0 spiro atoms. The zero-order valence-corrected chi connectivity index (χ0v) is 11.4. The first-order chi connectivity index (χ1) is 9.00. The number of nitrogens with one attached hydrogen (secondary N) is 1. The highest BCUT2D eigenvalue weighted by Gasteiger charge is 2.16. The van der Waals surface area contributed by atoms with Crippen LogP contribution in [-0.2, 0) is 16.6 Å². The maximum atomic E-state index is 11.9. The monoisotopic (exact) mass is 282 g/mol. The molecule has 2 rings (SSSR count). The number of sulfonamides is 1. The number of aromatic nitrogens is 2. The third-order valence-electron chi connectivity index (χ3n) is 2.49. The van der Waals surface area contributed by atoms with Gasteiger partial charge in [-0.05, 0) is 24.3 Å². The topological polar surface area (TPSA) is 88.3 Å². The van der Waals surface area contributed by atoms with E-state index in [9.17, 15) is 8.42 Å². The first kappa shape index (κ1) is 13.5. The predicted octanol–water partition coefficient (Wildman–Crippen LogP) is 0.932. The Balaban J connectivity index is 2.07. The van der Waals surface area contributed by atoms with E-state index in [0.29, 0.717) is 12.4 Å². The van der Waals surface area contributed by atoms with Gasteiger partial charge in [0.25, 0.3) is 0 Å². The Morgan fingerprint density at radius 2 is 1.95 bits per heavy atom. The molecule has 0 unspecified atom stereocenters. The van der Waals surface area contributed by atoms with Gasteiger partial charge in [0.1, 0.15) is 0 Å². The van der Waals surface area contributed by atoms with Gasteiger partial charge in [0.15, 0.2) is 5.82 Å². The molecule has 7 nitrogen and oxygen atoms in total. The van der Waals surface area contributed by atoms with E-state index >= 15 is 0 Å². The summed E-state index contributed by atoms with van der Waals surface area (Å²) in [6, 6.07) is 6.48. The van der Waals surface area contributed by atoms with Crippen LogP contribution in [0.25, 0.3) is 0 Å². The quantitative estimate of drug-likeness (QED) is 0.877. The molecule has 0 bridgehead atoms. The lowest BCUT2D eigenvalue weighted by molar-refractivity contribution is 0.411. The van der Waals surface area contributed by atoms with Gasteiger partial charge in [0.05, 0.1) is 11.4 Å². The maximum Gasteiger partial charge on any atom is 0.242 e. The van der Waals surface area contributed by atoms with Crippen LogP contribution in [0.4, 0.5) is 5.69 Å². The zero-order chi connectivity index (χ0) is 13.9. The molecule has 0 aliphatic carbocycles. The SMILES string of the molecule is CN(C)S(=O)(=O)c1ccc(NCc2ncon2)cc1. The van der Waals surface area contributed by atoms with E-state index in [1.54, 1.807) is 24.3 Å². The van der Waals surface area contributed by atoms with Crippen LogP contribution in [0.15, 0.2) is 40.1 Å². The van der Waals surface area contributed by atoms with Crippen molar-refractivity contribution < 1.29 is 12.9 Å². The lowest BCUT2D eigenvalue weighted by Gasteiger charge is -2.11. The molecule has 0 amide bonds. The highest BCUT2D eigenvalue weighted by molar-refractivity contribution is 7.89. The highest BCUT2D eigenvalue weighted by Crippen LogP contribution is 2.16. The third-order valence-corrected chi connectivity index (χ3v) is 4.32. The van der Waals surface area contributed by atoms with Crippen LogP contribution in [-0.4, -0.2) is 37.0 Å². The average Bonchev–Trinajstić information content (AvgIpc) is 2.90. The minimum atomic E-state index is -3.39. The van der Waals surface area contributed by atoms with E-state index in [0.717, 1.165) is 5.69 Å². The van der Waals surface area contributed by atoms with Gasteiger partial charge in [-0.1, -0.05) is 5.16 Å². The number of benzene rings is 1. The fourth-order valence-corrected chi connectivity index (χ4v) is 2.31. The minimum absolute atomic E-state index is 0.252. The van der Waals surface area contributed by atoms with E-state index in [4.69, 9.17) is 0 Å². The molecular formula is C11H14N4O3S. The first-order valence-electron chi connectivity index (χ1n) is 5.52. The van der Waals surface area contributed by atoms with Crippen LogP contribution in [0.5, 0.6) is 0 Å². The van der Waals surface area contributed by atoms with Gasteiger partial charge in [-0.15, -0.1) is 0 Å². The largest absolute Gasteiger partial charge is 0.378 e. The Labute approximate surface area is 111 Å². The summed E-state index contributed by atoms with van der Waals surface area (Å²) in [5.74, 6) is 0.532. The average molecular weight is 282 g/mol. The standard InChI is InChI=1S/C11H14N4O3S/c1-15(2)19(16,17)10-5-3-9(4-6-10)12-7-11-13-8-18-14-11/h3-6,8,12H,7H2,1-2H3.